The highest BCUT2D eigenvalue weighted by Gasteiger charge is 2.06. The summed E-state index contributed by atoms with van der Waals surface area (Å²) in [4.78, 5) is 11.7. The zero-order valence-corrected chi connectivity index (χ0v) is 10.5. The van der Waals surface area contributed by atoms with E-state index >= 15 is 0 Å². The van der Waals surface area contributed by atoms with Crippen molar-refractivity contribution in [3.05, 3.63) is 30.6 Å². The van der Waals surface area contributed by atoms with Crippen LogP contribution in [0.1, 0.15) is 25.0 Å². The van der Waals surface area contributed by atoms with Crippen molar-refractivity contribution < 1.29 is 9.36 Å². The molecule has 0 saturated heterocycles. The first kappa shape index (κ1) is 12.5. The van der Waals surface area contributed by atoms with E-state index in [0.29, 0.717) is 18.6 Å². The number of aromatic amines is 1. The van der Waals surface area contributed by atoms with E-state index in [1.165, 1.54) is 0 Å². The highest BCUT2D eigenvalue weighted by atomic mass is 16.1. The van der Waals surface area contributed by atoms with Crippen molar-refractivity contribution in [3.8, 4) is 0 Å². The van der Waals surface area contributed by atoms with Gasteiger partial charge in [0.25, 0.3) is 0 Å². The Kier molecular flexibility index (Phi) is 4.22. The van der Waals surface area contributed by atoms with Crippen LogP contribution >= 0.6 is 0 Å². The molecule has 2 heterocycles. The summed E-state index contributed by atoms with van der Waals surface area (Å²) in [7, 11) is 1.97. The summed E-state index contributed by atoms with van der Waals surface area (Å²) in [5, 5.41) is 10.3. The van der Waals surface area contributed by atoms with Gasteiger partial charge >= 0.3 is 0 Å². The van der Waals surface area contributed by atoms with Crippen molar-refractivity contribution >= 4 is 5.78 Å². The molecule has 0 atom stereocenters. The molecule has 0 saturated carbocycles. The molecule has 0 aromatic carbocycles. The van der Waals surface area contributed by atoms with E-state index < -0.39 is 0 Å². The minimum atomic E-state index is 0.301. The fourth-order valence-electron chi connectivity index (χ4n) is 1.83. The maximum atomic E-state index is 11.7. The molecule has 0 amide bonds. The molecule has 0 unspecified atom stereocenters. The molecule has 2 rings (SSSR count). The smallest absolute Gasteiger partial charge is 0.243 e. The number of rotatable bonds is 7. The number of nitrogens with zero attached hydrogens (tertiary/aromatic N) is 4. The van der Waals surface area contributed by atoms with E-state index in [1.54, 1.807) is 6.20 Å². The molecule has 0 radical (unpaired) electrons. The number of carbonyl (C=O) groups excluding carboxylic acids is 1. The largest absolute Gasteiger partial charge is 0.300 e. The van der Waals surface area contributed by atoms with Crippen LogP contribution in [0.15, 0.2) is 24.9 Å². The fraction of sp³-hybridized carbons (Fsp3) is 0.500. The Bertz CT molecular complexity index is 488. The van der Waals surface area contributed by atoms with E-state index in [9.17, 15) is 4.79 Å². The number of aromatic nitrogens is 5. The number of ketones is 1. The second-order valence-electron chi connectivity index (χ2n) is 4.42. The van der Waals surface area contributed by atoms with Gasteiger partial charge in [-0.05, 0) is 12.8 Å². The third-order valence-electron chi connectivity index (χ3n) is 2.83. The summed E-state index contributed by atoms with van der Waals surface area (Å²) in [6.45, 7) is 0.754. The van der Waals surface area contributed by atoms with Gasteiger partial charge < -0.3 is 0 Å². The third kappa shape index (κ3) is 3.80. The molecule has 2 aromatic heterocycles. The van der Waals surface area contributed by atoms with Gasteiger partial charge in [-0.1, -0.05) is 0 Å². The van der Waals surface area contributed by atoms with Gasteiger partial charge in [0, 0.05) is 12.8 Å². The highest BCUT2D eigenvalue weighted by molar-refractivity contribution is 5.78. The minimum Gasteiger partial charge on any atom is -0.300 e. The van der Waals surface area contributed by atoms with Crippen molar-refractivity contribution in [1.29, 1.82) is 0 Å². The van der Waals surface area contributed by atoms with Crippen molar-refractivity contribution in [2.24, 2.45) is 7.05 Å². The Hall–Kier alpha value is -1.98. The van der Waals surface area contributed by atoms with Crippen LogP contribution in [0.4, 0.5) is 0 Å². The lowest BCUT2D eigenvalue weighted by Gasteiger charge is -1.98. The molecule has 1 N–H and O–H groups in total. The second kappa shape index (κ2) is 6.09. The number of imidazole rings is 1. The Morgan fingerprint density at radius 1 is 1.50 bits per heavy atom. The van der Waals surface area contributed by atoms with Crippen LogP contribution in [0.3, 0.4) is 0 Å². The van der Waals surface area contributed by atoms with Crippen LogP contribution in [0, 0.1) is 0 Å². The minimum absolute atomic E-state index is 0.301. The van der Waals surface area contributed by atoms with Gasteiger partial charge in [-0.25, -0.2) is 9.13 Å². The number of H-pyrrole nitrogens is 1. The maximum absolute atomic E-state index is 11.7. The summed E-state index contributed by atoms with van der Waals surface area (Å²) in [6, 6.07) is 0. The lowest BCUT2D eigenvalue weighted by Crippen LogP contribution is -2.23. The maximum Gasteiger partial charge on any atom is 0.243 e. The first-order chi connectivity index (χ1) is 8.74. The van der Waals surface area contributed by atoms with Gasteiger partial charge in [-0.3, -0.25) is 4.79 Å². The first-order valence-electron chi connectivity index (χ1n) is 6.11. The standard InChI is InChI=1S/C12H18N5O/c1-16-7-8-17(10-16)6-5-12(18)4-2-3-11-9-13-15-14-11/h7-10H,2-6H2,1H3,(H,13,14,15)/q+1. The number of Topliss-reactive ketones (excluding diaryl/α,β-unsaturated/α-hetero) is 1. The number of hydrogen-bond donors (Lipinski definition) is 1. The number of nitrogens with one attached hydrogen (secondary N) is 1. The SMILES string of the molecule is C[n+]1ccn(CCC(=O)CCCc2cn[nH]n2)c1. The average molecular weight is 248 g/mol. The second-order valence-corrected chi connectivity index (χ2v) is 4.42. The molecule has 0 aliphatic rings. The van der Waals surface area contributed by atoms with Gasteiger partial charge in [0.15, 0.2) is 0 Å². The molecule has 0 spiro atoms. The van der Waals surface area contributed by atoms with Gasteiger partial charge in [-0.15, -0.1) is 0 Å². The third-order valence-corrected chi connectivity index (χ3v) is 2.83. The van der Waals surface area contributed by atoms with Gasteiger partial charge in [0.1, 0.15) is 18.2 Å². The number of aryl methyl sites for hydroxylation is 3. The van der Waals surface area contributed by atoms with E-state index in [0.717, 1.165) is 25.1 Å². The van der Waals surface area contributed by atoms with Crippen LogP contribution in [0.5, 0.6) is 0 Å². The number of hydrogen-bond acceptors (Lipinski definition) is 3. The molecule has 0 bridgehead atoms. The van der Waals surface area contributed by atoms with Gasteiger partial charge in [0.2, 0.25) is 6.33 Å². The van der Waals surface area contributed by atoms with Crippen molar-refractivity contribution in [2.45, 2.75) is 32.2 Å². The summed E-state index contributed by atoms with van der Waals surface area (Å²) in [6.07, 6.45) is 10.5. The summed E-state index contributed by atoms with van der Waals surface area (Å²) in [5.41, 5.74) is 0.917. The van der Waals surface area contributed by atoms with Crippen LogP contribution < -0.4 is 4.57 Å². The monoisotopic (exact) mass is 248 g/mol. The van der Waals surface area contributed by atoms with Crippen molar-refractivity contribution in [1.82, 2.24) is 20.0 Å². The van der Waals surface area contributed by atoms with E-state index in [1.807, 2.05) is 34.9 Å². The van der Waals surface area contributed by atoms with Crippen LogP contribution in [-0.4, -0.2) is 25.8 Å². The average Bonchev–Trinajstić information content (AvgIpc) is 2.98. The summed E-state index contributed by atoms with van der Waals surface area (Å²) >= 11 is 0. The fourth-order valence-corrected chi connectivity index (χ4v) is 1.83. The predicted molar refractivity (Wildman–Crippen MR) is 64.6 cm³/mol. The molecular weight excluding hydrogens is 230 g/mol. The molecule has 0 aliphatic carbocycles. The van der Waals surface area contributed by atoms with Gasteiger partial charge in [-0.2, -0.15) is 15.4 Å². The zero-order valence-electron chi connectivity index (χ0n) is 10.5. The van der Waals surface area contributed by atoms with Crippen LogP contribution in [0.2, 0.25) is 0 Å². The van der Waals surface area contributed by atoms with Crippen LogP contribution in [-0.2, 0) is 24.8 Å². The Balaban J connectivity index is 1.63. The van der Waals surface area contributed by atoms with E-state index in [4.69, 9.17) is 0 Å². The predicted octanol–water partition coefficient (Wildman–Crippen LogP) is 0.413. The molecule has 6 nitrogen and oxygen atoms in total. The highest BCUT2D eigenvalue weighted by Crippen LogP contribution is 2.03. The van der Waals surface area contributed by atoms with Gasteiger partial charge in [0.05, 0.1) is 25.5 Å². The van der Waals surface area contributed by atoms with E-state index in [2.05, 4.69) is 15.4 Å². The van der Waals surface area contributed by atoms with E-state index in [-0.39, 0.29) is 0 Å². The molecule has 18 heavy (non-hydrogen) atoms. The topological polar surface area (TPSA) is 67.4 Å². The Labute approximate surface area is 106 Å². The first-order valence-corrected chi connectivity index (χ1v) is 6.11. The van der Waals surface area contributed by atoms with Crippen molar-refractivity contribution in [2.75, 3.05) is 0 Å². The molecule has 2 aromatic rings. The lowest BCUT2D eigenvalue weighted by atomic mass is 10.1. The number of carbonyl (C=O) groups is 1. The molecule has 6 heteroatoms. The summed E-state index contributed by atoms with van der Waals surface area (Å²) < 4.78 is 3.99. The molecule has 96 valence electrons. The lowest BCUT2D eigenvalue weighted by molar-refractivity contribution is -0.671. The van der Waals surface area contributed by atoms with Crippen molar-refractivity contribution in [3.63, 3.8) is 0 Å². The normalized spacial score (nSPS) is 10.7. The molecule has 0 fully saturated rings. The zero-order chi connectivity index (χ0) is 12.8. The summed E-state index contributed by atoms with van der Waals surface area (Å²) in [5.74, 6) is 0.301. The molecule has 0 aliphatic heterocycles. The molecular formula is C12H18N5O+. The Morgan fingerprint density at radius 2 is 2.39 bits per heavy atom. The quantitative estimate of drug-likeness (QED) is 0.722. The van der Waals surface area contributed by atoms with Crippen LogP contribution in [0.25, 0.3) is 0 Å². The Morgan fingerprint density at radius 3 is 3.06 bits per heavy atom.